The number of para-hydroxylation sites is 2. The average Bonchev–Trinajstić information content (AvgIpc) is 3.18. The van der Waals surface area contributed by atoms with Crippen molar-refractivity contribution in [1.29, 1.82) is 0 Å². The van der Waals surface area contributed by atoms with Gasteiger partial charge in [0, 0.05) is 5.69 Å². The first-order chi connectivity index (χ1) is 14.5. The summed E-state index contributed by atoms with van der Waals surface area (Å²) in [6, 6.07) is 19.9. The van der Waals surface area contributed by atoms with Gasteiger partial charge in [0.15, 0.2) is 12.2 Å². The van der Waals surface area contributed by atoms with E-state index in [1.165, 1.54) is 0 Å². The lowest BCUT2D eigenvalue weighted by Crippen LogP contribution is -2.21. The number of anilines is 1. The van der Waals surface area contributed by atoms with Gasteiger partial charge in [-0.15, -0.1) is 0 Å². The van der Waals surface area contributed by atoms with E-state index in [-0.39, 0.29) is 5.56 Å². The van der Waals surface area contributed by atoms with Crippen molar-refractivity contribution in [3.8, 4) is 11.5 Å². The van der Waals surface area contributed by atoms with Crippen LogP contribution in [0.25, 0.3) is 22.6 Å². The second-order valence-electron chi connectivity index (χ2n) is 6.98. The van der Waals surface area contributed by atoms with E-state index < -0.39 is 18.5 Å². The molecule has 6 nitrogen and oxygen atoms in total. The van der Waals surface area contributed by atoms with Crippen LogP contribution < -0.4 is 5.32 Å². The number of nitrogens with one attached hydrogen (secondary N) is 1. The van der Waals surface area contributed by atoms with E-state index in [9.17, 15) is 9.59 Å². The Morgan fingerprint density at radius 1 is 1.00 bits per heavy atom. The number of carbonyl (C=O) groups is 2. The number of ether oxygens (including phenoxy) is 1. The Hall–Kier alpha value is -3.93. The second kappa shape index (κ2) is 8.21. The van der Waals surface area contributed by atoms with Crippen LogP contribution in [0.15, 0.2) is 71.1 Å². The van der Waals surface area contributed by atoms with Crippen molar-refractivity contribution in [3.63, 3.8) is 0 Å². The summed E-state index contributed by atoms with van der Waals surface area (Å²) < 4.78 is 11.0. The minimum atomic E-state index is -0.622. The molecule has 0 bridgehead atoms. The number of amides is 1. The number of rotatable bonds is 5. The van der Waals surface area contributed by atoms with Crippen LogP contribution in [0.4, 0.5) is 5.69 Å². The maximum Gasteiger partial charge on any atom is 0.339 e. The number of nitrogens with zero attached hydrogens (tertiary/aromatic N) is 1. The first kappa shape index (κ1) is 19.4. The maximum atomic E-state index is 12.7. The molecule has 0 radical (unpaired) electrons. The Morgan fingerprint density at radius 3 is 2.57 bits per heavy atom. The van der Waals surface area contributed by atoms with Gasteiger partial charge < -0.3 is 14.5 Å². The highest BCUT2D eigenvalue weighted by Crippen LogP contribution is 2.27. The molecule has 0 spiro atoms. The molecule has 3 aromatic carbocycles. The Morgan fingerprint density at radius 2 is 1.77 bits per heavy atom. The summed E-state index contributed by atoms with van der Waals surface area (Å²) in [5.74, 6) is -0.707. The third-order valence-corrected chi connectivity index (χ3v) is 4.66. The predicted molar refractivity (Wildman–Crippen MR) is 114 cm³/mol. The number of hydrogen-bond donors (Lipinski definition) is 1. The van der Waals surface area contributed by atoms with Crippen LogP contribution in [0.3, 0.4) is 0 Å². The van der Waals surface area contributed by atoms with Crippen LogP contribution in [-0.2, 0) is 9.53 Å². The first-order valence-corrected chi connectivity index (χ1v) is 9.50. The summed E-state index contributed by atoms with van der Waals surface area (Å²) in [5, 5.41) is 2.76. The lowest BCUT2D eigenvalue weighted by atomic mass is 10.1. The Kier molecular flexibility index (Phi) is 5.30. The molecule has 1 aromatic heterocycles. The van der Waals surface area contributed by atoms with Crippen molar-refractivity contribution < 1.29 is 18.7 Å². The monoisotopic (exact) mass is 400 g/mol. The molecule has 30 heavy (non-hydrogen) atoms. The maximum absolute atomic E-state index is 12.7. The molecule has 4 rings (SSSR count). The molecular weight excluding hydrogens is 380 g/mol. The summed E-state index contributed by atoms with van der Waals surface area (Å²) in [5.41, 5.74) is 4.85. The van der Waals surface area contributed by atoms with Gasteiger partial charge in [0.1, 0.15) is 5.52 Å². The molecule has 150 valence electrons. The summed E-state index contributed by atoms with van der Waals surface area (Å²) in [7, 11) is 0. The number of benzene rings is 3. The Labute approximate surface area is 173 Å². The van der Waals surface area contributed by atoms with Crippen LogP contribution in [0, 0.1) is 13.8 Å². The smallest absolute Gasteiger partial charge is 0.339 e. The molecular formula is C24H20N2O4. The highest BCUT2D eigenvalue weighted by Gasteiger charge is 2.19. The Balaban J connectivity index is 1.48. The van der Waals surface area contributed by atoms with E-state index in [2.05, 4.69) is 10.3 Å². The fraction of sp³-hybridized carbons (Fsp3) is 0.125. The molecule has 0 aliphatic carbocycles. The van der Waals surface area contributed by atoms with Crippen molar-refractivity contribution in [1.82, 2.24) is 4.98 Å². The van der Waals surface area contributed by atoms with Gasteiger partial charge in [-0.3, -0.25) is 4.79 Å². The van der Waals surface area contributed by atoms with E-state index in [4.69, 9.17) is 9.15 Å². The van der Waals surface area contributed by atoms with Gasteiger partial charge in [0.2, 0.25) is 5.89 Å². The molecule has 1 amide bonds. The van der Waals surface area contributed by atoms with Crippen molar-refractivity contribution in [2.75, 3.05) is 11.9 Å². The number of esters is 1. The van der Waals surface area contributed by atoms with Crippen LogP contribution in [0.1, 0.15) is 21.5 Å². The zero-order valence-corrected chi connectivity index (χ0v) is 16.6. The number of aryl methyl sites for hydroxylation is 2. The van der Waals surface area contributed by atoms with E-state index >= 15 is 0 Å². The average molecular weight is 400 g/mol. The largest absolute Gasteiger partial charge is 0.452 e. The minimum absolute atomic E-state index is 0.281. The molecule has 0 saturated carbocycles. The summed E-state index contributed by atoms with van der Waals surface area (Å²) in [4.78, 5) is 29.3. The number of aromatic nitrogens is 1. The molecule has 1 heterocycles. The molecule has 0 unspecified atom stereocenters. The standard InChI is InChI=1S/C24H20N2O4/c1-15-11-12-19(16(2)13-15)25-22(27)14-29-24(28)18-8-4-3-7-17(18)23-26-20-9-5-6-10-21(20)30-23/h3-13H,14H2,1-2H3,(H,25,27). The van der Waals surface area contributed by atoms with Crippen molar-refractivity contribution in [2.45, 2.75) is 13.8 Å². The molecule has 1 N–H and O–H groups in total. The molecule has 4 aromatic rings. The summed E-state index contributed by atoms with van der Waals surface area (Å²) >= 11 is 0. The fourth-order valence-electron chi connectivity index (χ4n) is 3.18. The van der Waals surface area contributed by atoms with Gasteiger partial charge in [0.05, 0.1) is 11.1 Å². The molecule has 6 heteroatoms. The SMILES string of the molecule is Cc1ccc(NC(=O)COC(=O)c2ccccc2-c2nc3ccccc3o2)c(C)c1. The quantitative estimate of drug-likeness (QED) is 0.482. The molecule has 0 atom stereocenters. The number of oxazole rings is 1. The van der Waals surface area contributed by atoms with E-state index in [0.717, 1.165) is 11.1 Å². The summed E-state index contributed by atoms with van der Waals surface area (Å²) in [6.07, 6.45) is 0. The van der Waals surface area contributed by atoms with Crippen molar-refractivity contribution in [3.05, 3.63) is 83.4 Å². The summed E-state index contributed by atoms with van der Waals surface area (Å²) in [6.45, 7) is 3.49. The van der Waals surface area contributed by atoms with E-state index in [1.807, 2.05) is 56.3 Å². The fourth-order valence-corrected chi connectivity index (χ4v) is 3.18. The molecule has 0 aliphatic heterocycles. The Bertz CT molecular complexity index is 1210. The topological polar surface area (TPSA) is 81.4 Å². The lowest BCUT2D eigenvalue weighted by Gasteiger charge is -2.10. The van der Waals surface area contributed by atoms with Gasteiger partial charge in [-0.05, 0) is 49.7 Å². The number of fused-ring (bicyclic) bond motifs is 1. The molecule has 0 fully saturated rings. The second-order valence-corrected chi connectivity index (χ2v) is 6.98. The van der Waals surface area contributed by atoms with E-state index in [0.29, 0.717) is 28.2 Å². The van der Waals surface area contributed by atoms with Gasteiger partial charge in [0.25, 0.3) is 5.91 Å². The van der Waals surface area contributed by atoms with Gasteiger partial charge in [-0.25, -0.2) is 9.78 Å². The third-order valence-electron chi connectivity index (χ3n) is 4.66. The van der Waals surface area contributed by atoms with E-state index in [1.54, 1.807) is 24.3 Å². The highest BCUT2D eigenvalue weighted by atomic mass is 16.5. The first-order valence-electron chi connectivity index (χ1n) is 9.50. The van der Waals surface area contributed by atoms with Gasteiger partial charge in [-0.2, -0.15) is 0 Å². The predicted octanol–water partition coefficient (Wildman–Crippen LogP) is 4.91. The van der Waals surface area contributed by atoms with Crippen molar-refractivity contribution >= 4 is 28.7 Å². The number of hydrogen-bond acceptors (Lipinski definition) is 5. The van der Waals surface area contributed by atoms with Gasteiger partial charge >= 0.3 is 5.97 Å². The van der Waals surface area contributed by atoms with Crippen LogP contribution in [0.2, 0.25) is 0 Å². The normalized spacial score (nSPS) is 10.7. The molecule has 0 saturated heterocycles. The zero-order valence-electron chi connectivity index (χ0n) is 16.6. The number of carbonyl (C=O) groups excluding carboxylic acids is 2. The van der Waals surface area contributed by atoms with Crippen LogP contribution in [0.5, 0.6) is 0 Å². The van der Waals surface area contributed by atoms with Crippen molar-refractivity contribution in [2.24, 2.45) is 0 Å². The third kappa shape index (κ3) is 4.07. The minimum Gasteiger partial charge on any atom is -0.452 e. The lowest BCUT2D eigenvalue weighted by molar-refractivity contribution is -0.119. The van der Waals surface area contributed by atoms with Gasteiger partial charge in [-0.1, -0.05) is 42.0 Å². The molecule has 0 aliphatic rings. The zero-order chi connectivity index (χ0) is 21.1. The highest BCUT2D eigenvalue weighted by molar-refractivity contribution is 5.99. The van der Waals surface area contributed by atoms with Crippen LogP contribution in [-0.4, -0.2) is 23.5 Å². The van der Waals surface area contributed by atoms with Crippen LogP contribution >= 0.6 is 0 Å².